The van der Waals surface area contributed by atoms with Gasteiger partial charge < -0.3 is 15.0 Å². The van der Waals surface area contributed by atoms with Gasteiger partial charge in [-0.2, -0.15) is 5.10 Å². The van der Waals surface area contributed by atoms with Gasteiger partial charge in [0.05, 0.1) is 0 Å². The van der Waals surface area contributed by atoms with Gasteiger partial charge in [-0.05, 0) is 63.3 Å². The summed E-state index contributed by atoms with van der Waals surface area (Å²) in [5.74, 6) is 0.399. The second kappa shape index (κ2) is 8.91. The highest BCUT2D eigenvalue weighted by Crippen LogP contribution is 2.19. The molecule has 0 radical (unpaired) electrons. The lowest BCUT2D eigenvalue weighted by Gasteiger charge is -2.29. The van der Waals surface area contributed by atoms with Crippen molar-refractivity contribution in [2.75, 3.05) is 13.1 Å². The van der Waals surface area contributed by atoms with E-state index in [1.165, 1.54) is 0 Å². The van der Waals surface area contributed by atoms with E-state index >= 15 is 0 Å². The fraction of sp³-hybridized carbons (Fsp3) is 0.476. The van der Waals surface area contributed by atoms with Crippen LogP contribution in [0, 0.1) is 13.8 Å². The first-order chi connectivity index (χ1) is 13.4. The van der Waals surface area contributed by atoms with Crippen molar-refractivity contribution >= 4 is 11.8 Å². The lowest BCUT2D eigenvalue weighted by molar-refractivity contribution is -0.133. The van der Waals surface area contributed by atoms with Crippen LogP contribution >= 0.6 is 0 Å². The Balaban J connectivity index is 1.54. The maximum Gasteiger partial charge on any atom is 0.272 e. The van der Waals surface area contributed by atoms with Crippen molar-refractivity contribution in [2.45, 2.75) is 52.8 Å². The Labute approximate surface area is 165 Å². The van der Waals surface area contributed by atoms with Crippen LogP contribution in [0.15, 0.2) is 30.5 Å². The van der Waals surface area contributed by atoms with E-state index < -0.39 is 6.04 Å². The fourth-order valence-electron chi connectivity index (χ4n) is 3.27. The number of likely N-dealkylation sites (tertiary alicyclic amines) is 1. The Morgan fingerprint density at radius 3 is 2.68 bits per heavy atom. The van der Waals surface area contributed by atoms with Crippen molar-refractivity contribution in [1.29, 1.82) is 0 Å². The molecule has 1 aromatic carbocycles. The minimum Gasteiger partial charge on any atom is -0.471 e. The monoisotopic (exact) mass is 384 g/mol. The number of carbonyl (C=O) groups is 2. The van der Waals surface area contributed by atoms with Crippen molar-refractivity contribution in [3.05, 3.63) is 47.3 Å². The molecule has 0 bridgehead atoms. The fourth-order valence-corrected chi connectivity index (χ4v) is 3.27. The third-order valence-electron chi connectivity index (χ3n) is 4.96. The van der Waals surface area contributed by atoms with Gasteiger partial charge in [0.2, 0.25) is 5.91 Å². The molecule has 2 heterocycles. The molecule has 1 aromatic heterocycles. The molecule has 2 aromatic rings. The minimum atomic E-state index is -0.568. The van der Waals surface area contributed by atoms with Gasteiger partial charge in [0.25, 0.3) is 5.91 Å². The predicted octanol–water partition coefficient (Wildman–Crippen LogP) is 2.67. The number of carbonyl (C=O) groups excluding carboxylic acids is 2. The summed E-state index contributed by atoms with van der Waals surface area (Å²) in [5, 5.41) is 7.01. The molecule has 7 heteroatoms. The van der Waals surface area contributed by atoms with Crippen molar-refractivity contribution < 1.29 is 14.3 Å². The number of aromatic nitrogens is 2. The Hall–Kier alpha value is -2.83. The maximum absolute atomic E-state index is 12.5. The molecule has 0 aliphatic carbocycles. The molecule has 2 amide bonds. The molecule has 1 aliphatic heterocycles. The summed E-state index contributed by atoms with van der Waals surface area (Å²) in [6.45, 7) is 7.45. The molecule has 1 unspecified atom stereocenters. The lowest BCUT2D eigenvalue weighted by atomic mass is 10.1. The molecule has 1 aliphatic rings. The second-order valence-corrected chi connectivity index (χ2v) is 7.36. The molecule has 1 fully saturated rings. The third kappa shape index (κ3) is 4.91. The summed E-state index contributed by atoms with van der Waals surface area (Å²) >= 11 is 0. The van der Waals surface area contributed by atoms with Gasteiger partial charge in [-0.1, -0.05) is 12.1 Å². The van der Waals surface area contributed by atoms with E-state index in [-0.39, 0.29) is 24.2 Å². The number of nitrogens with one attached hydrogen (secondary N) is 1. The number of aryl methyl sites for hydroxylation is 2. The summed E-state index contributed by atoms with van der Waals surface area (Å²) in [6, 6.07) is 7.07. The Morgan fingerprint density at radius 1 is 1.18 bits per heavy atom. The summed E-state index contributed by atoms with van der Waals surface area (Å²) in [7, 11) is 0. The van der Waals surface area contributed by atoms with Crippen LogP contribution in [0.2, 0.25) is 0 Å². The van der Waals surface area contributed by atoms with Gasteiger partial charge >= 0.3 is 0 Å². The van der Waals surface area contributed by atoms with E-state index in [9.17, 15) is 9.59 Å². The van der Waals surface area contributed by atoms with E-state index in [4.69, 9.17) is 4.74 Å². The van der Waals surface area contributed by atoms with Crippen LogP contribution in [0.1, 0.15) is 47.8 Å². The Bertz CT molecular complexity index is 840. The van der Waals surface area contributed by atoms with Crippen LogP contribution in [0.25, 0.3) is 0 Å². The van der Waals surface area contributed by atoms with Crippen LogP contribution in [-0.4, -0.2) is 45.6 Å². The van der Waals surface area contributed by atoms with Crippen LogP contribution < -0.4 is 10.1 Å². The molecule has 0 spiro atoms. The molecule has 28 heavy (non-hydrogen) atoms. The number of hydrogen-bond donors (Lipinski definition) is 1. The third-order valence-corrected chi connectivity index (χ3v) is 4.96. The van der Waals surface area contributed by atoms with E-state index in [2.05, 4.69) is 10.4 Å². The maximum atomic E-state index is 12.5. The molecule has 1 N–H and O–H groups in total. The van der Waals surface area contributed by atoms with E-state index in [1.807, 2.05) is 36.9 Å². The second-order valence-electron chi connectivity index (χ2n) is 7.36. The van der Waals surface area contributed by atoms with Gasteiger partial charge in [-0.25, -0.2) is 4.68 Å². The topological polar surface area (TPSA) is 76.5 Å². The largest absolute Gasteiger partial charge is 0.471 e. The molecular formula is C21H28N4O3. The summed E-state index contributed by atoms with van der Waals surface area (Å²) in [6.07, 6.45) is 4.90. The van der Waals surface area contributed by atoms with Crippen LogP contribution in [-0.2, 0) is 11.5 Å². The first-order valence-corrected chi connectivity index (χ1v) is 9.77. The van der Waals surface area contributed by atoms with Crippen LogP contribution in [0.5, 0.6) is 5.75 Å². The zero-order valence-electron chi connectivity index (χ0n) is 16.8. The smallest absolute Gasteiger partial charge is 0.272 e. The van der Waals surface area contributed by atoms with E-state index in [1.54, 1.807) is 23.9 Å². The van der Waals surface area contributed by atoms with Crippen LogP contribution in [0.4, 0.5) is 0 Å². The molecule has 1 atom stereocenters. The summed E-state index contributed by atoms with van der Waals surface area (Å²) in [4.78, 5) is 26.7. The highest BCUT2D eigenvalue weighted by Gasteiger charge is 2.24. The minimum absolute atomic E-state index is 0.0364. The van der Waals surface area contributed by atoms with Crippen molar-refractivity contribution in [2.24, 2.45) is 0 Å². The highest BCUT2D eigenvalue weighted by molar-refractivity contribution is 5.95. The zero-order valence-corrected chi connectivity index (χ0v) is 16.8. The lowest BCUT2D eigenvalue weighted by Crippen LogP contribution is -2.48. The number of hydrogen-bond acceptors (Lipinski definition) is 4. The molecule has 7 nitrogen and oxygen atoms in total. The van der Waals surface area contributed by atoms with E-state index in [0.717, 1.165) is 49.2 Å². The van der Waals surface area contributed by atoms with Gasteiger partial charge in [-0.15, -0.1) is 0 Å². The Kier molecular flexibility index (Phi) is 6.34. The van der Waals surface area contributed by atoms with Crippen molar-refractivity contribution in [3.8, 4) is 5.75 Å². The standard InChI is InChI=1S/C21H28N4O3/c1-15-7-8-16(2)19(13-15)28-14-25-12-9-18(23-25)20(26)22-17(3)21(27)24-10-5-4-6-11-24/h7-9,12-13,17H,4-6,10-11,14H2,1-3H3,(H,22,26). The average molecular weight is 384 g/mol. The van der Waals surface area contributed by atoms with Gasteiger partial charge in [0.15, 0.2) is 6.73 Å². The van der Waals surface area contributed by atoms with Crippen molar-refractivity contribution in [1.82, 2.24) is 20.0 Å². The van der Waals surface area contributed by atoms with Gasteiger partial charge in [0, 0.05) is 19.3 Å². The number of nitrogens with zero attached hydrogens (tertiary/aromatic N) is 3. The van der Waals surface area contributed by atoms with Gasteiger partial charge in [-0.3, -0.25) is 9.59 Å². The number of amides is 2. The number of piperidine rings is 1. The summed E-state index contributed by atoms with van der Waals surface area (Å²) < 4.78 is 7.37. The predicted molar refractivity (Wildman–Crippen MR) is 106 cm³/mol. The SMILES string of the molecule is Cc1ccc(C)c(OCn2ccc(C(=O)NC(C)C(=O)N3CCCCC3)n2)c1. The quantitative estimate of drug-likeness (QED) is 0.831. The van der Waals surface area contributed by atoms with E-state index in [0.29, 0.717) is 0 Å². The van der Waals surface area contributed by atoms with Gasteiger partial charge in [0.1, 0.15) is 17.5 Å². The van der Waals surface area contributed by atoms with Crippen molar-refractivity contribution in [3.63, 3.8) is 0 Å². The molecule has 0 saturated carbocycles. The highest BCUT2D eigenvalue weighted by atomic mass is 16.5. The summed E-state index contributed by atoms with van der Waals surface area (Å²) in [5.41, 5.74) is 2.43. The molecule has 3 rings (SSSR count). The zero-order chi connectivity index (χ0) is 20.1. The molecule has 1 saturated heterocycles. The Morgan fingerprint density at radius 2 is 1.93 bits per heavy atom. The molecular weight excluding hydrogens is 356 g/mol. The first-order valence-electron chi connectivity index (χ1n) is 9.77. The molecule has 150 valence electrons. The normalized spacial score (nSPS) is 15.2. The van der Waals surface area contributed by atoms with Crippen LogP contribution in [0.3, 0.4) is 0 Å². The first kappa shape index (κ1) is 19.9. The number of benzene rings is 1. The average Bonchev–Trinajstić information content (AvgIpc) is 3.18. The number of ether oxygens (including phenoxy) is 1. The number of rotatable bonds is 6.